The Kier molecular flexibility index (Phi) is 5.22. The minimum atomic E-state index is -0.615. The van der Waals surface area contributed by atoms with Gasteiger partial charge in [0.15, 0.2) is 0 Å². The number of ether oxygens (including phenoxy) is 1. The first-order valence-corrected chi connectivity index (χ1v) is 6.46. The van der Waals surface area contributed by atoms with Crippen LogP contribution in [-0.2, 0) is 4.74 Å². The molecule has 0 amide bonds. The molecule has 16 heavy (non-hydrogen) atoms. The maximum Gasteiger partial charge on any atom is 0.0768 e. The number of hydrogen-bond donors (Lipinski definition) is 2. The molecule has 3 heteroatoms. The molecule has 3 atom stereocenters. The molecule has 0 saturated heterocycles. The lowest BCUT2D eigenvalue weighted by Gasteiger charge is -2.32. The van der Waals surface area contributed by atoms with Gasteiger partial charge in [-0.1, -0.05) is 20.3 Å². The van der Waals surface area contributed by atoms with Crippen molar-refractivity contribution >= 4 is 0 Å². The molecule has 0 radical (unpaired) electrons. The van der Waals surface area contributed by atoms with Gasteiger partial charge < -0.3 is 15.2 Å². The minimum Gasteiger partial charge on any atom is -0.389 e. The molecular formula is C13H27NO2. The maximum atomic E-state index is 10.3. The van der Waals surface area contributed by atoms with Crippen LogP contribution in [0.3, 0.4) is 0 Å². The van der Waals surface area contributed by atoms with Crippen molar-refractivity contribution in [2.75, 3.05) is 20.3 Å². The third kappa shape index (κ3) is 4.04. The molecule has 2 N–H and O–H groups in total. The molecule has 0 heterocycles. The molecule has 3 unspecified atom stereocenters. The summed E-state index contributed by atoms with van der Waals surface area (Å²) in [6.07, 6.45) is 3.60. The van der Waals surface area contributed by atoms with Crippen LogP contribution in [0.4, 0.5) is 0 Å². The second-order valence-electron chi connectivity index (χ2n) is 5.45. The van der Waals surface area contributed by atoms with Gasteiger partial charge in [0.2, 0.25) is 0 Å². The maximum absolute atomic E-state index is 10.3. The van der Waals surface area contributed by atoms with E-state index >= 15 is 0 Å². The summed E-state index contributed by atoms with van der Waals surface area (Å²) in [6, 6.07) is 0.417. The van der Waals surface area contributed by atoms with Crippen LogP contribution < -0.4 is 5.32 Å². The summed E-state index contributed by atoms with van der Waals surface area (Å²) >= 11 is 0. The van der Waals surface area contributed by atoms with Gasteiger partial charge in [0.25, 0.3) is 0 Å². The third-order valence-corrected chi connectivity index (χ3v) is 3.93. The summed E-state index contributed by atoms with van der Waals surface area (Å²) in [7, 11) is 1.74. The number of rotatable bonds is 8. The van der Waals surface area contributed by atoms with E-state index in [9.17, 15) is 5.11 Å². The van der Waals surface area contributed by atoms with Crippen molar-refractivity contribution in [3.05, 3.63) is 0 Å². The highest BCUT2D eigenvalue weighted by molar-refractivity contribution is 4.89. The first-order valence-electron chi connectivity index (χ1n) is 6.46. The number of nitrogens with one attached hydrogen (secondary N) is 1. The zero-order valence-corrected chi connectivity index (χ0v) is 11.1. The predicted molar refractivity (Wildman–Crippen MR) is 66.5 cm³/mol. The minimum absolute atomic E-state index is 0.322. The molecule has 1 aliphatic rings. The van der Waals surface area contributed by atoms with E-state index in [0.29, 0.717) is 18.5 Å². The quantitative estimate of drug-likeness (QED) is 0.667. The van der Waals surface area contributed by atoms with Crippen LogP contribution in [0, 0.1) is 11.8 Å². The van der Waals surface area contributed by atoms with Gasteiger partial charge in [-0.3, -0.25) is 0 Å². The Labute approximate surface area is 99.6 Å². The van der Waals surface area contributed by atoms with Crippen LogP contribution >= 0.6 is 0 Å². The molecule has 1 saturated carbocycles. The molecule has 0 aromatic carbocycles. The summed E-state index contributed by atoms with van der Waals surface area (Å²) in [5.41, 5.74) is -0.615. The smallest absolute Gasteiger partial charge is 0.0768 e. The lowest BCUT2D eigenvalue weighted by Crippen LogP contribution is -2.48. The first kappa shape index (κ1) is 13.9. The molecule has 1 fully saturated rings. The molecule has 0 aromatic heterocycles. The lowest BCUT2D eigenvalue weighted by atomic mass is 9.88. The average molecular weight is 229 g/mol. The van der Waals surface area contributed by atoms with E-state index in [2.05, 4.69) is 19.2 Å². The molecular weight excluding hydrogens is 202 g/mol. The second kappa shape index (κ2) is 5.99. The standard InChI is InChI=1S/C13H27NO2/c1-5-10(2)13(3,15)9-14-12(8-16-4)11-6-7-11/h10-12,14-15H,5-9H2,1-4H3. The van der Waals surface area contributed by atoms with Crippen LogP contribution in [0.15, 0.2) is 0 Å². The van der Waals surface area contributed by atoms with Gasteiger partial charge in [0.05, 0.1) is 12.2 Å². The fraction of sp³-hybridized carbons (Fsp3) is 1.00. The molecule has 1 aliphatic carbocycles. The largest absolute Gasteiger partial charge is 0.389 e. The molecule has 96 valence electrons. The van der Waals surface area contributed by atoms with Crippen LogP contribution in [0.1, 0.15) is 40.0 Å². The second-order valence-corrected chi connectivity index (χ2v) is 5.45. The highest BCUT2D eigenvalue weighted by Crippen LogP contribution is 2.33. The summed E-state index contributed by atoms with van der Waals surface area (Å²) in [4.78, 5) is 0. The fourth-order valence-electron chi connectivity index (χ4n) is 1.99. The van der Waals surface area contributed by atoms with Gasteiger partial charge in [-0.05, 0) is 31.6 Å². The highest BCUT2D eigenvalue weighted by atomic mass is 16.5. The Morgan fingerprint density at radius 1 is 1.50 bits per heavy atom. The average Bonchev–Trinajstić information content (AvgIpc) is 3.06. The number of hydrogen-bond acceptors (Lipinski definition) is 3. The van der Waals surface area contributed by atoms with Crippen LogP contribution in [0.25, 0.3) is 0 Å². The van der Waals surface area contributed by atoms with E-state index in [1.165, 1.54) is 12.8 Å². The fourth-order valence-corrected chi connectivity index (χ4v) is 1.99. The third-order valence-electron chi connectivity index (χ3n) is 3.93. The molecule has 3 nitrogen and oxygen atoms in total. The summed E-state index contributed by atoms with van der Waals surface area (Å²) in [6.45, 7) is 7.55. The van der Waals surface area contributed by atoms with Crippen molar-refractivity contribution in [3.63, 3.8) is 0 Å². The van der Waals surface area contributed by atoms with E-state index in [0.717, 1.165) is 18.9 Å². The Morgan fingerprint density at radius 2 is 2.12 bits per heavy atom. The van der Waals surface area contributed by atoms with Crippen molar-refractivity contribution in [3.8, 4) is 0 Å². The molecule has 0 aliphatic heterocycles. The van der Waals surface area contributed by atoms with Crippen LogP contribution in [0.5, 0.6) is 0 Å². The zero-order valence-electron chi connectivity index (χ0n) is 11.1. The molecule has 1 rings (SSSR count). The molecule has 0 spiro atoms. The van der Waals surface area contributed by atoms with E-state index in [4.69, 9.17) is 4.74 Å². The predicted octanol–water partition coefficient (Wildman–Crippen LogP) is 1.80. The number of methoxy groups -OCH3 is 1. The summed E-state index contributed by atoms with van der Waals surface area (Å²) in [5, 5.41) is 13.8. The Bertz CT molecular complexity index is 202. The van der Waals surface area contributed by atoms with Gasteiger partial charge in [-0.25, -0.2) is 0 Å². The Morgan fingerprint density at radius 3 is 2.56 bits per heavy atom. The van der Waals surface area contributed by atoms with Gasteiger partial charge in [0, 0.05) is 19.7 Å². The Balaban J connectivity index is 2.35. The van der Waals surface area contributed by atoms with Crippen LogP contribution in [-0.4, -0.2) is 37.0 Å². The van der Waals surface area contributed by atoms with E-state index in [1.807, 2.05) is 6.92 Å². The van der Waals surface area contributed by atoms with Gasteiger partial charge in [0.1, 0.15) is 0 Å². The van der Waals surface area contributed by atoms with Crippen molar-refractivity contribution in [2.45, 2.75) is 51.7 Å². The molecule has 0 bridgehead atoms. The van der Waals surface area contributed by atoms with Gasteiger partial charge in [-0.2, -0.15) is 0 Å². The monoisotopic (exact) mass is 229 g/mol. The van der Waals surface area contributed by atoms with Crippen molar-refractivity contribution in [1.29, 1.82) is 0 Å². The number of aliphatic hydroxyl groups is 1. The molecule has 0 aromatic rings. The SMILES string of the molecule is CCC(C)C(C)(O)CNC(COC)C1CC1. The first-order chi connectivity index (χ1) is 7.51. The van der Waals surface area contributed by atoms with Crippen LogP contribution in [0.2, 0.25) is 0 Å². The highest BCUT2D eigenvalue weighted by Gasteiger charge is 2.33. The van der Waals surface area contributed by atoms with Gasteiger partial charge >= 0.3 is 0 Å². The zero-order chi connectivity index (χ0) is 12.2. The normalized spacial score (nSPS) is 23.8. The summed E-state index contributed by atoms with van der Waals surface area (Å²) in [5.74, 6) is 1.08. The Hall–Kier alpha value is -0.120. The van der Waals surface area contributed by atoms with Gasteiger partial charge in [-0.15, -0.1) is 0 Å². The van der Waals surface area contributed by atoms with Crippen molar-refractivity contribution in [2.24, 2.45) is 11.8 Å². The van der Waals surface area contributed by atoms with E-state index < -0.39 is 5.60 Å². The van der Waals surface area contributed by atoms with E-state index in [-0.39, 0.29) is 0 Å². The van der Waals surface area contributed by atoms with Crippen molar-refractivity contribution in [1.82, 2.24) is 5.32 Å². The lowest BCUT2D eigenvalue weighted by molar-refractivity contribution is -0.0000320. The topological polar surface area (TPSA) is 41.5 Å². The summed E-state index contributed by atoms with van der Waals surface area (Å²) < 4.78 is 5.21. The van der Waals surface area contributed by atoms with Crippen molar-refractivity contribution < 1.29 is 9.84 Å². The van der Waals surface area contributed by atoms with E-state index in [1.54, 1.807) is 7.11 Å².